The maximum Gasteiger partial charge on any atom is 0.306 e. The number of esters is 1. The third kappa shape index (κ3) is 19.7. The lowest BCUT2D eigenvalue weighted by Crippen LogP contribution is -2.19. The van der Waals surface area contributed by atoms with E-state index in [1.807, 2.05) is 13.0 Å². The summed E-state index contributed by atoms with van der Waals surface area (Å²) in [5, 5.41) is 0. The molecular formula is C39H63NO2. The Morgan fingerprint density at radius 3 is 2.21 bits per heavy atom. The molecule has 0 amide bonds. The highest BCUT2D eigenvalue weighted by Gasteiger charge is 2.26. The van der Waals surface area contributed by atoms with E-state index in [1.54, 1.807) is 0 Å². The largest absolute Gasteiger partial charge is 0.461 e. The van der Waals surface area contributed by atoms with Gasteiger partial charge in [0.05, 0.1) is 0 Å². The number of unbranched alkanes of at least 4 members (excludes halogenated alkanes) is 7. The van der Waals surface area contributed by atoms with Crippen LogP contribution in [0.1, 0.15) is 125 Å². The van der Waals surface area contributed by atoms with Crippen LogP contribution >= 0.6 is 0 Å². The topological polar surface area (TPSA) is 29.5 Å². The van der Waals surface area contributed by atoms with Gasteiger partial charge in [-0.25, -0.2) is 0 Å². The lowest BCUT2D eigenvalue weighted by molar-refractivity contribution is -0.142. The fraction of sp³-hybridized carbons (Fsp3) is 0.615. The lowest BCUT2D eigenvalue weighted by atomic mass is 9.72. The zero-order valence-corrected chi connectivity index (χ0v) is 28.4. The summed E-state index contributed by atoms with van der Waals surface area (Å²) in [4.78, 5) is 14.3. The van der Waals surface area contributed by atoms with Gasteiger partial charge in [0.15, 0.2) is 0 Å². The molecular weight excluding hydrogens is 514 g/mol. The van der Waals surface area contributed by atoms with Crippen molar-refractivity contribution in [2.45, 2.75) is 125 Å². The minimum atomic E-state index is -0.0940. The molecule has 3 nitrogen and oxygen atoms in total. The summed E-state index contributed by atoms with van der Waals surface area (Å²) in [5.74, 6) is -0.0940. The molecule has 0 bridgehead atoms. The summed E-state index contributed by atoms with van der Waals surface area (Å²) in [7, 11) is 4.28. The molecule has 0 aliphatic heterocycles. The predicted molar refractivity (Wildman–Crippen MR) is 185 cm³/mol. The number of nitrogens with zero attached hydrogens (tertiary/aromatic N) is 1. The number of rotatable bonds is 21. The summed E-state index contributed by atoms with van der Waals surface area (Å²) in [5.41, 5.74) is 5.62. The first-order valence-corrected chi connectivity index (χ1v) is 16.6. The van der Waals surface area contributed by atoms with Crippen molar-refractivity contribution in [3.05, 3.63) is 83.1 Å². The van der Waals surface area contributed by atoms with Crippen LogP contribution < -0.4 is 0 Å². The summed E-state index contributed by atoms with van der Waals surface area (Å²) in [6.45, 7) is 12.7. The monoisotopic (exact) mass is 577 g/mol. The molecule has 0 heterocycles. The molecule has 0 atom stereocenters. The van der Waals surface area contributed by atoms with E-state index in [-0.39, 0.29) is 11.4 Å². The molecule has 1 aliphatic carbocycles. The maximum atomic E-state index is 12.1. The number of ether oxygens (including phenoxy) is 1. The normalized spacial score (nSPS) is 16.8. The van der Waals surface area contributed by atoms with E-state index in [2.05, 4.69) is 101 Å². The Morgan fingerprint density at radius 2 is 1.55 bits per heavy atom. The molecule has 0 aromatic heterocycles. The number of carbonyl (C=O) groups excluding carboxylic acids is 1. The van der Waals surface area contributed by atoms with Crippen molar-refractivity contribution in [3.63, 3.8) is 0 Å². The van der Waals surface area contributed by atoms with Gasteiger partial charge in [0, 0.05) is 6.42 Å². The quantitative estimate of drug-likeness (QED) is 0.0588. The molecule has 1 aliphatic rings. The van der Waals surface area contributed by atoms with Crippen LogP contribution in [-0.2, 0) is 9.53 Å². The van der Waals surface area contributed by atoms with Gasteiger partial charge in [-0.3, -0.25) is 4.79 Å². The van der Waals surface area contributed by atoms with Crippen molar-refractivity contribution in [3.8, 4) is 0 Å². The van der Waals surface area contributed by atoms with E-state index in [1.165, 1.54) is 81.1 Å². The second-order valence-electron chi connectivity index (χ2n) is 12.9. The van der Waals surface area contributed by atoms with Gasteiger partial charge >= 0.3 is 5.97 Å². The molecule has 1 rings (SSSR count). The molecule has 0 unspecified atom stereocenters. The summed E-state index contributed by atoms with van der Waals surface area (Å²) >= 11 is 0. The van der Waals surface area contributed by atoms with Gasteiger partial charge in [0.25, 0.3) is 0 Å². The third-order valence-electron chi connectivity index (χ3n) is 8.01. The molecule has 0 saturated heterocycles. The highest BCUT2D eigenvalue weighted by Crippen LogP contribution is 2.40. The van der Waals surface area contributed by atoms with Gasteiger partial charge in [0.1, 0.15) is 6.61 Å². The Kier molecular flexibility index (Phi) is 20.7. The Balaban J connectivity index is 2.11. The van der Waals surface area contributed by atoms with Crippen molar-refractivity contribution in [2.75, 3.05) is 27.2 Å². The van der Waals surface area contributed by atoms with Crippen molar-refractivity contribution in [2.24, 2.45) is 5.41 Å². The lowest BCUT2D eigenvalue weighted by Gasteiger charge is -2.32. The highest BCUT2D eigenvalue weighted by molar-refractivity contribution is 5.69. The molecule has 42 heavy (non-hydrogen) atoms. The number of hydrogen-bond acceptors (Lipinski definition) is 3. The summed E-state index contributed by atoms with van der Waals surface area (Å²) < 4.78 is 5.40. The summed E-state index contributed by atoms with van der Waals surface area (Å²) in [6, 6.07) is 0. The molecule has 0 aromatic rings. The first kappa shape index (κ1) is 37.6. The van der Waals surface area contributed by atoms with Crippen molar-refractivity contribution >= 4 is 5.97 Å². The Hall–Kier alpha value is -2.39. The molecule has 0 radical (unpaired) electrons. The van der Waals surface area contributed by atoms with Crippen LogP contribution in [-0.4, -0.2) is 38.1 Å². The van der Waals surface area contributed by atoms with E-state index in [0.717, 1.165) is 31.3 Å². The molecule has 0 fully saturated rings. The van der Waals surface area contributed by atoms with Crippen LogP contribution in [0.5, 0.6) is 0 Å². The summed E-state index contributed by atoms with van der Waals surface area (Å²) in [6.07, 6.45) is 37.9. The van der Waals surface area contributed by atoms with Gasteiger partial charge in [-0.05, 0) is 123 Å². The predicted octanol–water partition coefficient (Wildman–Crippen LogP) is 11.0. The first-order chi connectivity index (χ1) is 20.1. The van der Waals surface area contributed by atoms with E-state index in [4.69, 9.17) is 4.74 Å². The average Bonchev–Trinajstić information content (AvgIpc) is 2.92. The third-order valence-corrected chi connectivity index (χ3v) is 8.01. The maximum absolute atomic E-state index is 12.1. The van der Waals surface area contributed by atoms with Crippen LogP contribution in [0.4, 0.5) is 0 Å². The van der Waals surface area contributed by atoms with Gasteiger partial charge in [-0.15, -0.1) is 0 Å². The van der Waals surface area contributed by atoms with Crippen LogP contribution in [0.2, 0.25) is 0 Å². The van der Waals surface area contributed by atoms with E-state index < -0.39 is 0 Å². The van der Waals surface area contributed by atoms with Gasteiger partial charge in [-0.2, -0.15) is 0 Å². The van der Waals surface area contributed by atoms with Crippen molar-refractivity contribution in [1.29, 1.82) is 0 Å². The van der Waals surface area contributed by atoms with Gasteiger partial charge in [-0.1, -0.05) is 105 Å². The van der Waals surface area contributed by atoms with Gasteiger partial charge < -0.3 is 9.64 Å². The average molecular weight is 578 g/mol. The van der Waals surface area contributed by atoms with Crippen LogP contribution in [0.3, 0.4) is 0 Å². The van der Waals surface area contributed by atoms with Crippen molar-refractivity contribution < 1.29 is 9.53 Å². The second kappa shape index (κ2) is 23.1. The SMILES string of the molecule is CC1=C(/C=C/C(C)=C/C=C/C(C)=C/COC(=O)CCCCCC/C=C\C/C=C\CCCCCN(C)C)C(C)(C)CCC1. The number of carbonyl (C=O) groups is 1. The molecule has 236 valence electrons. The van der Waals surface area contributed by atoms with E-state index >= 15 is 0 Å². The van der Waals surface area contributed by atoms with E-state index in [0.29, 0.717) is 13.0 Å². The molecule has 0 spiro atoms. The zero-order valence-electron chi connectivity index (χ0n) is 28.4. The van der Waals surface area contributed by atoms with Crippen LogP contribution in [0.15, 0.2) is 83.1 Å². The first-order valence-electron chi connectivity index (χ1n) is 16.6. The molecule has 0 saturated carbocycles. The fourth-order valence-electron chi connectivity index (χ4n) is 5.30. The highest BCUT2D eigenvalue weighted by atomic mass is 16.5. The minimum Gasteiger partial charge on any atom is -0.461 e. The van der Waals surface area contributed by atoms with Crippen LogP contribution in [0.25, 0.3) is 0 Å². The van der Waals surface area contributed by atoms with Crippen LogP contribution in [0, 0.1) is 5.41 Å². The molecule has 0 aromatic carbocycles. The smallest absolute Gasteiger partial charge is 0.306 e. The van der Waals surface area contributed by atoms with Crippen molar-refractivity contribution in [1.82, 2.24) is 4.90 Å². The Bertz CT molecular complexity index is 968. The fourth-order valence-corrected chi connectivity index (χ4v) is 5.30. The molecule has 3 heteroatoms. The van der Waals surface area contributed by atoms with E-state index in [9.17, 15) is 4.79 Å². The standard InChI is InChI=1S/C39H63NO2/c1-34(28-29-37-36(3)26-23-31-39(37,4)5)24-22-25-35(2)30-33-42-38(41)27-20-18-16-14-12-10-8-9-11-13-15-17-19-21-32-40(6)7/h8,10-11,13,22,24-25,28-30H,9,12,14-21,23,26-27,31-33H2,1-7H3/b10-8-,13-11-,25-22+,29-28+,34-24+,35-30+. The Morgan fingerprint density at radius 1 is 0.881 bits per heavy atom. The Labute approximate surface area is 260 Å². The van der Waals surface area contributed by atoms with Gasteiger partial charge in [0.2, 0.25) is 0 Å². The zero-order chi connectivity index (χ0) is 31.1. The number of hydrogen-bond donors (Lipinski definition) is 0. The minimum absolute atomic E-state index is 0.0940. The number of allylic oxidation sites excluding steroid dienone is 13. The second-order valence-corrected chi connectivity index (χ2v) is 12.9. The molecule has 0 N–H and O–H groups in total.